The van der Waals surface area contributed by atoms with Crippen molar-refractivity contribution in [2.45, 2.75) is 43.7 Å². The summed E-state index contributed by atoms with van der Waals surface area (Å²) in [5.41, 5.74) is 0.467. The Bertz CT molecular complexity index is 607. The molecular formula is C15H23N3O3S. The molecule has 0 aromatic heterocycles. The van der Waals surface area contributed by atoms with Gasteiger partial charge in [0, 0.05) is 24.2 Å². The van der Waals surface area contributed by atoms with E-state index in [9.17, 15) is 13.2 Å². The van der Waals surface area contributed by atoms with Gasteiger partial charge in [-0.2, -0.15) is 0 Å². The molecule has 1 fully saturated rings. The van der Waals surface area contributed by atoms with Gasteiger partial charge in [0.05, 0.1) is 4.90 Å². The number of amides is 1. The molecule has 1 heterocycles. The van der Waals surface area contributed by atoms with Gasteiger partial charge < -0.3 is 10.6 Å². The van der Waals surface area contributed by atoms with Crippen LogP contribution in [0.5, 0.6) is 0 Å². The van der Waals surface area contributed by atoms with Gasteiger partial charge in [-0.3, -0.25) is 4.79 Å². The van der Waals surface area contributed by atoms with Gasteiger partial charge in [-0.15, -0.1) is 0 Å². The second-order valence-corrected chi connectivity index (χ2v) is 7.33. The normalized spacial score (nSPS) is 19.8. The molecule has 2 rings (SSSR count). The van der Waals surface area contributed by atoms with Crippen molar-refractivity contribution in [3.05, 3.63) is 29.8 Å². The Labute approximate surface area is 131 Å². The topological polar surface area (TPSA) is 87.3 Å². The summed E-state index contributed by atoms with van der Waals surface area (Å²) < 4.78 is 26.9. The van der Waals surface area contributed by atoms with Gasteiger partial charge in [-0.25, -0.2) is 13.1 Å². The predicted molar refractivity (Wildman–Crippen MR) is 85.3 cm³/mol. The monoisotopic (exact) mass is 325 g/mol. The minimum atomic E-state index is -3.53. The summed E-state index contributed by atoms with van der Waals surface area (Å²) in [4.78, 5) is 12.3. The Hall–Kier alpha value is -1.44. The van der Waals surface area contributed by atoms with Crippen LogP contribution in [-0.2, 0) is 10.0 Å². The lowest BCUT2D eigenvalue weighted by molar-refractivity contribution is 0.0940. The fraction of sp³-hybridized carbons (Fsp3) is 0.533. The van der Waals surface area contributed by atoms with E-state index in [0.717, 1.165) is 25.9 Å². The molecule has 122 valence electrons. The Kier molecular flexibility index (Phi) is 5.55. The van der Waals surface area contributed by atoms with Crippen molar-refractivity contribution < 1.29 is 13.2 Å². The van der Waals surface area contributed by atoms with Crippen molar-refractivity contribution in [3.8, 4) is 0 Å². The number of sulfonamides is 1. The van der Waals surface area contributed by atoms with E-state index in [0.29, 0.717) is 5.56 Å². The number of carbonyl (C=O) groups is 1. The van der Waals surface area contributed by atoms with Crippen LogP contribution in [0.3, 0.4) is 0 Å². The highest BCUT2D eigenvalue weighted by molar-refractivity contribution is 7.89. The molecule has 0 radical (unpaired) electrons. The number of nitrogens with one attached hydrogen (secondary N) is 3. The number of benzene rings is 1. The summed E-state index contributed by atoms with van der Waals surface area (Å²) in [6, 6.07) is 6.04. The summed E-state index contributed by atoms with van der Waals surface area (Å²) in [5, 5.41) is 6.11. The molecule has 1 aromatic carbocycles. The second kappa shape index (κ2) is 7.21. The van der Waals surface area contributed by atoms with Crippen LogP contribution in [0.15, 0.2) is 29.2 Å². The zero-order valence-electron chi connectivity index (χ0n) is 12.9. The Morgan fingerprint density at radius 1 is 1.36 bits per heavy atom. The lowest BCUT2D eigenvalue weighted by atomic mass is 10.2. The summed E-state index contributed by atoms with van der Waals surface area (Å²) in [6.45, 7) is 5.41. The molecule has 0 saturated carbocycles. The maximum Gasteiger partial charge on any atom is 0.251 e. The Morgan fingerprint density at radius 2 is 2.05 bits per heavy atom. The SMILES string of the molecule is CCC(C)NS(=O)(=O)c1ccc(C(=O)NC2CCNC2)cc1. The largest absolute Gasteiger partial charge is 0.348 e. The third-order valence-corrected chi connectivity index (χ3v) is 5.40. The standard InChI is InChI=1S/C15H23N3O3S/c1-3-11(2)18-22(20,21)14-6-4-12(5-7-14)15(19)17-13-8-9-16-10-13/h4-7,11,13,16,18H,3,8-10H2,1-2H3,(H,17,19). The summed E-state index contributed by atoms with van der Waals surface area (Å²) in [7, 11) is -3.53. The summed E-state index contributed by atoms with van der Waals surface area (Å²) in [6.07, 6.45) is 1.63. The van der Waals surface area contributed by atoms with Crippen LogP contribution in [0.1, 0.15) is 37.0 Å². The smallest absolute Gasteiger partial charge is 0.251 e. The molecule has 2 unspecified atom stereocenters. The van der Waals surface area contributed by atoms with Gasteiger partial charge in [0.15, 0.2) is 0 Å². The molecule has 0 bridgehead atoms. The maximum atomic E-state index is 12.1. The third-order valence-electron chi connectivity index (χ3n) is 3.79. The van der Waals surface area contributed by atoms with Crippen LogP contribution in [-0.4, -0.2) is 39.5 Å². The van der Waals surface area contributed by atoms with Crippen LogP contribution in [0.4, 0.5) is 0 Å². The highest BCUT2D eigenvalue weighted by atomic mass is 32.2. The first-order valence-corrected chi connectivity index (χ1v) is 9.04. The quantitative estimate of drug-likeness (QED) is 0.724. The summed E-state index contributed by atoms with van der Waals surface area (Å²) in [5.74, 6) is -0.174. The molecule has 1 aliphatic rings. The van der Waals surface area contributed by atoms with Crippen molar-refractivity contribution in [1.29, 1.82) is 0 Å². The zero-order chi connectivity index (χ0) is 16.2. The molecule has 7 heteroatoms. The second-order valence-electron chi connectivity index (χ2n) is 5.62. The van der Waals surface area contributed by atoms with Crippen LogP contribution in [0, 0.1) is 0 Å². The van der Waals surface area contributed by atoms with Gasteiger partial charge in [-0.1, -0.05) is 6.92 Å². The van der Waals surface area contributed by atoms with E-state index in [1.54, 1.807) is 12.1 Å². The average molecular weight is 325 g/mol. The molecule has 1 aliphatic heterocycles. The number of carbonyl (C=O) groups excluding carboxylic acids is 1. The maximum absolute atomic E-state index is 12.1. The lowest BCUT2D eigenvalue weighted by Crippen LogP contribution is -2.36. The number of hydrogen-bond acceptors (Lipinski definition) is 4. The van der Waals surface area contributed by atoms with Crippen molar-refractivity contribution in [1.82, 2.24) is 15.4 Å². The lowest BCUT2D eigenvalue weighted by Gasteiger charge is -2.13. The van der Waals surface area contributed by atoms with E-state index >= 15 is 0 Å². The van der Waals surface area contributed by atoms with Crippen LogP contribution in [0.2, 0.25) is 0 Å². The molecule has 3 N–H and O–H groups in total. The van der Waals surface area contributed by atoms with Crippen molar-refractivity contribution in [2.75, 3.05) is 13.1 Å². The van der Waals surface area contributed by atoms with E-state index in [4.69, 9.17) is 0 Å². The van der Waals surface area contributed by atoms with Gasteiger partial charge in [0.25, 0.3) is 5.91 Å². The molecule has 0 aliphatic carbocycles. The Morgan fingerprint density at radius 3 is 2.59 bits per heavy atom. The van der Waals surface area contributed by atoms with Crippen LogP contribution < -0.4 is 15.4 Å². The van der Waals surface area contributed by atoms with Crippen molar-refractivity contribution in [3.63, 3.8) is 0 Å². The van der Waals surface area contributed by atoms with E-state index in [1.165, 1.54) is 12.1 Å². The van der Waals surface area contributed by atoms with Crippen LogP contribution in [0.25, 0.3) is 0 Å². The highest BCUT2D eigenvalue weighted by Crippen LogP contribution is 2.12. The molecule has 6 nitrogen and oxygen atoms in total. The minimum Gasteiger partial charge on any atom is -0.348 e. The van der Waals surface area contributed by atoms with E-state index < -0.39 is 10.0 Å². The highest BCUT2D eigenvalue weighted by Gasteiger charge is 2.19. The third kappa shape index (κ3) is 4.28. The first-order chi connectivity index (χ1) is 10.4. The van der Waals surface area contributed by atoms with Gasteiger partial charge in [0.2, 0.25) is 10.0 Å². The predicted octanol–water partition coefficient (Wildman–Crippen LogP) is 0.855. The summed E-state index contributed by atoms with van der Waals surface area (Å²) >= 11 is 0. The average Bonchev–Trinajstić information content (AvgIpc) is 2.99. The van der Waals surface area contributed by atoms with E-state index in [1.807, 2.05) is 13.8 Å². The fourth-order valence-electron chi connectivity index (χ4n) is 2.25. The number of rotatable bonds is 6. The molecule has 1 aromatic rings. The molecule has 2 atom stereocenters. The van der Waals surface area contributed by atoms with Gasteiger partial charge in [0.1, 0.15) is 0 Å². The van der Waals surface area contributed by atoms with Crippen molar-refractivity contribution >= 4 is 15.9 Å². The minimum absolute atomic E-state index is 0.122. The molecular weight excluding hydrogens is 302 g/mol. The van der Waals surface area contributed by atoms with Gasteiger partial charge in [-0.05, 0) is 50.6 Å². The van der Waals surface area contributed by atoms with E-state index in [-0.39, 0.29) is 22.9 Å². The van der Waals surface area contributed by atoms with E-state index in [2.05, 4.69) is 15.4 Å². The van der Waals surface area contributed by atoms with Gasteiger partial charge >= 0.3 is 0 Å². The molecule has 1 amide bonds. The number of hydrogen-bond donors (Lipinski definition) is 3. The first-order valence-electron chi connectivity index (χ1n) is 7.56. The molecule has 1 saturated heterocycles. The fourth-order valence-corrected chi connectivity index (χ4v) is 3.58. The van der Waals surface area contributed by atoms with Crippen LogP contribution >= 0.6 is 0 Å². The molecule has 0 spiro atoms. The zero-order valence-corrected chi connectivity index (χ0v) is 13.7. The molecule has 22 heavy (non-hydrogen) atoms. The van der Waals surface area contributed by atoms with Crippen molar-refractivity contribution in [2.24, 2.45) is 0 Å². The Balaban J connectivity index is 2.04. The first kappa shape index (κ1) is 16.9.